The van der Waals surface area contributed by atoms with Crippen molar-refractivity contribution in [3.8, 4) is 5.75 Å². The van der Waals surface area contributed by atoms with Crippen LogP contribution in [0.5, 0.6) is 5.75 Å². The highest BCUT2D eigenvalue weighted by Crippen LogP contribution is 2.20. The Balaban J connectivity index is 2.13. The minimum atomic E-state index is -1.01. The minimum absolute atomic E-state index is 0.00195. The molecule has 18 heavy (non-hydrogen) atoms. The van der Waals surface area contributed by atoms with Crippen molar-refractivity contribution in [2.75, 3.05) is 5.32 Å². The van der Waals surface area contributed by atoms with E-state index in [-0.39, 0.29) is 12.3 Å². The van der Waals surface area contributed by atoms with E-state index in [4.69, 9.17) is 5.11 Å². The molecule has 6 heteroatoms. The predicted octanol–water partition coefficient (Wildman–Crippen LogP) is 2.82. The third-order valence-corrected chi connectivity index (χ3v) is 2.26. The Morgan fingerprint density at radius 2 is 1.78 bits per heavy atom. The highest BCUT2D eigenvalue weighted by Gasteiger charge is 2.11. The molecule has 0 radical (unpaired) electrons. The Labute approximate surface area is 101 Å². The number of benzene rings is 1. The van der Waals surface area contributed by atoms with Gasteiger partial charge in [0.05, 0.1) is 18.4 Å². The summed E-state index contributed by atoms with van der Waals surface area (Å²) in [6, 6.07) is 4.09. The summed E-state index contributed by atoms with van der Waals surface area (Å²) in [7, 11) is 0. The Bertz CT molecular complexity index is 535. The van der Waals surface area contributed by atoms with Crippen molar-refractivity contribution in [1.29, 1.82) is 0 Å². The molecule has 1 aromatic heterocycles. The fourth-order valence-electron chi connectivity index (χ4n) is 1.41. The first-order chi connectivity index (χ1) is 8.56. The fraction of sp³-hybridized carbons (Fsp3) is 0.0833. The summed E-state index contributed by atoms with van der Waals surface area (Å²) < 4.78 is 39.2. The number of hydrogen-bond acceptors (Lipinski definition) is 3. The van der Waals surface area contributed by atoms with Crippen LogP contribution in [-0.2, 0) is 6.54 Å². The number of anilines is 1. The van der Waals surface area contributed by atoms with E-state index in [1.807, 2.05) is 0 Å². The van der Waals surface area contributed by atoms with Gasteiger partial charge in [0.2, 0.25) is 0 Å². The molecule has 1 heterocycles. The summed E-state index contributed by atoms with van der Waals surface area (Å²) in [6.07, 6.45) is 1.22. The Hall–Kier alpha value is -2.24. The van der Waals surface area contributed by atoms with Gasteiger partial charge >= 0.3 is 0 Å². The smallest absolute Gasteiger partial charge is 0.152 e. The van der Waals surface area contributed by atoms with Gasteiger partial charge < -0.3 is 10.4 Å². The summed E-state index contributed by atoms with van der Waals surface area (Å²) in [5.41, 5.74) is 0.0715. The van der Waals surface area contributed by atoms with E-state index in [0.717, 1.165) is 0 Å². The topological polar surface area (TPSA) is 45.1 Å². The van der Waals surface area contributed by atoms with Crippen LogP contribution in [0.2, 0.25) is 0 Å². The summed E-state index contributed by atoms with van der Waals surface area (Å²) in [5.74, 6) is -2.99. The van der Waals surface area contributed by atoms with Gasteiger partial charge in [-0.15, -0.1) is 0 Å². The van der Waals surface area contributed by atoms with Gasteiger partial charge in [0, 0.05) is 12.1 Å². The standard InChI is InChI=1S/C12H9F3N2O/c13-7-3-10(14)12(11(15)4-7)17-5-8-1-2-9(18)6-16-8/h1-4,6,17-18H,5H2. The zero-order chi connectivity index (χ0) is 13.1. The van der Waals surface area contributed by atoms with Crippen molar-refractivity contribution in [1.82, 2.24) is 4.98 Å². The molecule has 94 valence electrons. The number of rotatable bonds is 3. The van der Waals surface area contributed by atoms with Crippen molar-refractivity contribution >= 4 is 5.69 Å². The van der Waals surface area contributed by atoms with Crippen LogP contribution in [0.25, 0.3) is 0 Å². The number of aromatic hydroxyl groups is 1. The molecular formula is C12H9F3N2O. The van der Waals surface area contributed by atoms with Crippen molar-refractivity contribution in [3.05, 3.63) is 53.6 Å². The van der Waals surface area contributed by atoms with E-state index in [1.165, 1.54) is 18.3 Å². The van der Waals surface area contributed by atoms with Crippen LogP contribution in [0.3, 0.4) is 0 Å². The lowest BCUT2D eigenvalue weighted by Crippen LogP contribution is -2.05. The molecule has 2 aromatic rings. The quantitative estimate of drug-likeness (QED) is 0.885. The molecule has 0 saturated heterocycles. The van der Waals surface area contributed by atoms with Crippen LogP contribution in [0, 0.1) is 17.5 Å². The Morgan fingerprint density at radius 3 is 2.33 bits per heavy atom. The van der Waals surface area contributed by atoms with Gasteiger partial charge in [0.1, 0.15) is 17.3 Å². The van der Waals surface area contributed by atoms with Gasteiger partial charge in [0.15, 0.2) is 11.6 Å². The second-order valence-corrected chi connectivity index (χ2v) is 3.61. The molecular weight excluding hydrogens is 245 g/mol. The van der Waals surface area contributed by atoms with Gasteiger partial charge in [-0.3, -0.25) is 4.98 Å². The zero-order valence-corrected chi connectivity index (χ0v) is 9.12. The molecule has 0 aliphatic rings. The summed E-state index contributed by atoms with van der Waals surface area (Å²) in [6.45, 7) is 0.0553. The number of aromatic nitrogens is 1. The SMILES string of the molecule is Oc1ccc(CNc2c(F)cc(F)cc2F)nc1. The van der Waals surface area contributed by atoms with E-state index >= 15 is 0 Å². The second-order valence-electron chi connectivity index (χ2n) is 3.61. The average Bonchev–Trinajstić information content (AvgIpc) is 2.30. The molecule has 0 aliphatic carbocycles. The molecule has 1 aromatic carbocycles. The highest BCUT2D eigenvalue weighted by molar-refractivity contribution is 5.46. The average molecular weight is 254 g/mol. The second kappa shape index (κ2) is 4.95. The molecule has 0 atom stereocenters. The normalized spacial score (nSPS) is 10.4. The van der Waals surface area contributed by atoms with Crippen molar-refractivity contribution in [2.24, 2.45) is 0 Å². The number of nitrogens with zero attached hydrogens (tertiary/aromatic N) is 1. The first-order valence-corrected chi connectivity index (χ1v) is 5.08. The predicted molar refractivity (Wildman–Crippen MR) is 59.5 cm³/mol. The number of pyridine rings is 1. The molecule has 3 nitrogen and oxygen atoms in total. The molecule has 0 amide bonds. The van der Waals surface area contributed by atoms with Crippen LogP contribution in [0.15, 0.2) is 30.5 Å². The molecule has 0 saturated carbocycles. The molecule has 0 bridgehead atoms. The van der Waals surface area contributed by atoms with Crippen LogP contribution >= 0.6 is 0 Å². The van der Waals surface area contributed by atoms with E-state index in [0.29, 0.717) is 17.8 Å². The lowest BCUT2D eigenvalue weighted by Gasteiger charge is -2.08. The van der Waals surface area contributed by atoms with E-state index in [2.05, 4.69) is 10.3 Å². The molecule has 0 aliphatic heterocycles. The van der Waals surface area contributed by atoms with Crippen LogP contribution in [0.1, 0.15) is 5.69 Å². The summed E-state index contributed by atoms with van der Waals surface area (Å²) >= 11 is 0. The van der Waals surface area contributed by atoms with Gasteiger partial charge in [-0.25, -0.2) is 13.2 Å². The van der Waals surface area contributed by atoms with E-state index in [9.17, 15) is 13.2 Å². The number of nitrogens with one attached hydrogen (secondary N) is 1. The fourth-order valence-corrected chi connectivity index (χ4v) is 1.41. The first kappa shape index (κ1) is 12.2. The van der Waals surface area contributed by atoms with Crippen LogP contribution < -0.4 is 5.32 Å². The lowest BCUT2D eigenvalue weighted by atomic mass is 10.2. The van der Waals surface area contributed by atoms with Gasteiger partial charge in [-0.1, -0.05) is 0 Å². The molecule has 2 N–H and O–H groups in total. The highest BCUT2D eigenvalue weighted by atomic mass is 19.1. The van der Waals surface area contributed by atoms with Crippen molar-refractivity contribution in [3.63, 3.8) is 0 Å². The van der Waals surface area contributed by atoms with Gasteiger partial charge in [-0.05, 0) is 12.1 Å². The van der Waals surface area contributed by atoms with E-state index < -0.39 is 23.1 Å². The lowest BCUT2D eigenvalue weighted by molar-refractivity contribution is 0.472. The van der Waals surface area contributed by atoms with Crippen LogP contribution in [0.4, 0.5) is 18.9 Å². The molecule has 2 rings (SSSR count). The first-order valence-electron chi connectivity index (χ1n) is 5.08. The summed E-state index contributed by atoms with van der Waals surface area (Å²) in [4.78, 5) is 3.84. The Kier molecular flexibility index (Phi) is 3.36. The van der Waals surface area contributed by atoms with E-state index in [1.54, 1.807) is 0 Å². The zero-order valence-electron chi connectivity index (χ0n) is 9.12. The summed E-state index contributed by atoms with van der Waals surface area (Å²) in [5, 5.41) is 11.5. The maximum absolute atomic E-state index is 13.3. The van der Waals surface area contributed by atoms with Gasteiger partial charge in [-0.2, -0.15) is 0 Å². The van der Waals surface area contributed by atoms with Crippen molar-refractivity contribution < 1.29 is 18.3 Å². The molecule has 0 fully saturated rings. The van der Waals surface area contributed by atoms with Crippen molar-refractivity contribution in [2.45, 2.75) is 6.54 Å². The molecule has 0 unspecified atom stereocenters. The monoisotopic (exact) mass is 254 g/mol. The largest absolute Gasteiger partial charge is 0.506 e. The Morgan fingerprint density at radius 1 is 1.11 bits per heavy atom. The van der Waals surface area contributed by atoms with Crippen LogP contribution in [-0.4, -0.2) is 10.1 Å². The molecule has 0 spiro atoms. The third-order valence-electron chi connectivity index (χ3n) is 2.26. The third kappa shape index (κ3) is 2.71. The minimum Gasteiger partial charge on any atom is -0.506 e. The number of hydrogen-bond donors (Lipinski definition) is 2. The van der Waals surface area contributed by atoms with Gasteiger partial charge in [0.25, 0.3) is 0 Å². The maximum Gasteiger partial charge on any atom is 0.152 e. The maximum atomic E-state index is 13.3. The number of halogens is 3.